The number of aliphatic hydroxyl groups excluding tert-OH is 1. The van der Waals surface area contributed by atoms with Crippen molar-refractivity contribution in [2.24, 2.45) is 15.3 Å². The Hall–Kier alpha value is -5.74. The van der Waals surface area contributed by atoms with Crippen LogP contribution >= 0.6 is 45.3 Å². The standard InChI is InChI=1S/2C10H11N3O2S.C10H11NO2S.C6H6OS.C4H7N3O2.C2H6O.Na.H/c2*1-3-15-10(14)9(12-13-11)6-8-5-4-7(2)16-8;1-3-13-10(12)8-5-9-7(11-8)4-6(2)14-9;1-5-2-3-6(4-7)8-5;1-2-9-4(8)3-6-7-5;1-2-3;;/h2*4-6H,3H2,1-2H3;4-5,11H,3H2,1-2H3;2-4H,1H3;2-3H2,1H3;3H,2H2,1H3;;/q;;;;;;+1;-1/b2*9-6+;;;;;;. The van der Waals surface area contributed by atoms with E-state index in [9.17, 15) is 24.0 Å². The Balaban J connectivity index is -0.000000775. The number of aryl methyl sites for hydroxylation is 4. The van der Waals surface area contributed by atoms with Gasteiger partial charge in [0.15, 0.2) is 6.29 Å². The molecule has 0 spiro atoms. The Morgan fingerprint density at radius 2 is 1.09 bits per heavy atom. The quantitative estimate of drug-likeness (QED) is 0.0155. The van der Waals surface area contributed by atoms with Crippen molar-refractivity contribution in [1.29, 1.82) is 0 Å². The molecule has 0 aromatic carbocycles. The molecule has 0 radical (unpaired) electrons. The number of carbonyl (C=O) groups excluding carboxylic acids is 5. The molecule has 2 N–H and O–H groups in total. The fourth-order valence-electron chi connectivity index (χ4n) is 4.28. The SMILES string of the molecule is CCO.CCOC(=O)/C(=C\c1ccc(C)s1)N=[N+]=[N-].CCOC(=O)/C(=C\c1ccc(C)s1)N=[N+]=[N-].CCOC(=O)CN=[N+]=[N-].CCOC(=O)c1cc2sc(C)cc2[nH]1.Cc1ccc(C=O)s1.[H-].[Na+]. The van der Waals surface area contributed by atoms with E-state index in [0.717, 1.165) is 40.9 Å². The second-order valence-electron chi connectivity index (χ2n) is 11.9. The van der Waals surface area contributed by atoms with E-state index in [4.69, 9.17) is 35.9 Å². The van der Waals surface area contributed by atoms with Gasteiger partial charge in [-0.05, 0) is 140 Å². The average Bonchev–Trinajstić information content (AvgIpc) is 4.13. The van der Waals surface area contributed by atoms with Crippen LogP contribution in [-0.2, 0) is 33.3 Å². The van der Waals surface area contributed by atoms with Crippen LogP contribution in [0.5, 0.6) is 0 Å². The minimum Gasteiger partial charge on any atom is -1.00 e. The normalized spacial score (nSPS) is 9.76. The van der Waals surface area contributed by atoms with Crippen LogP contribution < -0.4 is 29.6 Å². The Labute approximate surface area is 427 Å². The molecule has 5 heterocycles. The number of aromatic nitrogens is 1. The molecule has 0 saturated carbocycles. The van der Waals surface area contributed by atoms with Crippen LogP contribution in [0.4, 0.5) is 0 Å². The van der Waals surface area contributed by atoms with Crippen molar-refractivity contribution in [2.45, 2.75) is 62.3 Å². The van der Waals surface area contributed by atoms with Gasteiger partial charge in [0.1, 0.15) is 23.6 Å². The number of nitrogens with zero attached hydrogens (tertiary/aromatic N) is 9. The number of hydrogen-bond acceptors (Lipinski definition) is 17. The first kappa shape index (κ1) is 63.3. The van der Waals surface area contributed by atoms with E-state index in [2.05, 4.69) is 39.8 Å². The molecule has 0 unspecified atom stereocenters. The maximum atomic E-state index is 11.4. The number of aromatic amines is 1. The molecule has 25 heteroatoms. The zero-order valence-electron chi connectivity index (χ0n) is 39.9. The molecular weight excluding hydrogens is 956 g/mol. The molecule has 5 aromatic heterocycles. The predicted molar refractivity (Wildman–Crippen MR) is 261 cm³/mol. The molecule has 0 aliphatic heterocycles. The van der Waals surface area contributed by atoms with Crippen LogP contribution in [0, 0.1) is 27.7 Å². The molecule has 5 rings (SSSR count). The maximum Gasteiger partial charge on any atom is 1.00 e. The second-order valence-corrected chi connectivity index (χ2v) is 17.1. The zero-order valence-corrected chi connectivity index (χ0v) is 44.1. The topological polar surface area (TPSA) is 305 Å². The fraction of sp³-hybridized carbons (Fsp3) is 0.357. The van der Waals surface area contributed by atoms with E-state index in [0.29, 0.717) is 18.9 Å². The van der Waals surface area contributed by atoms with E-state index in [1.165, 1.54) is 55.9 Å². The van der Waals surface area contributed by atoms with Crippen molar-refractivity contribution in [3.05, 3.63) is 131 Å². The van der Waals surface area contributed by atoms with Gasteiger partial charge in [-0.25, -0.2) is 14.4 Å². The number of azide groups is 3. The molecule has 0 fully saturated rings. The van der Waals surface area contributed by atoms with Gasteiger partial charge in [-0.2, -0.15) is 0 Å². The molecule has 0 saturated heterocycles. The van der Waals surface area contributed by atoms with Gasteiger partial charge in [-0.3, -0.25) is 9.59 Å². The van der Waals surface area contributed by atoms with Crippen molar-refractivity contribution in [3.8, 4) is 0 Å². The zero-order chi connectivity index (χ0) is 49.9. The van der Waals surface area contributed by atoms with Crippen molar-refractivity contribution < 1.29 is 79.0 Å². The summed E-state index contributed by atoms with van der Waals surface area (Å²) in [5.41, 5.74) is 25.9. The number of fused-ring (bicyclic) bond motifs is 1. The van der Waals surface area contributed by atoms with Gasteiger partial charge in [-0.1, -0.05) is 15.3 Å². The van der Waals surface area contributed by atoms with Gasteiger partial charge >= 0.3 is 53.4 Å². The third kappa shape index (κ3) is 28.1. The summed E-state index contributed by atoms with van der Waals surface area (Å²) in [6, 6.07) is 15.2. The summed E-state index contributed by atoms with van der Waals surface area (Å²) in [7, 11) is 0. The first-order valence-electron chi connectivity index (χ1n) is 19.7. The summed E-state index contributed by atoms with van der Waals surface area (Å²) < 4.78 is 20.0. The molecule has 0 amide bonds. The van der Waals surface area contributed by atoms with Crippen molar-refractivity contribution in [1.82, 2.24) is 4.98 Å². The number of aldehydes is 1. The average molecular weight is 1010 g/mol. The number of aliphatic hydroxyl groups is 1. The number of carbonyl (C=O) groups is 5. The molecule has 0 bridgehead atoms. The Bertz CT molecular complexity index is 2400. The molecule has 0 aliphatic rings. The number of thiophene rings is 4. The van der Waals surface area contributed by atoms with Crippen LogP contribution in [0.2, 0.25) is 0 Å². The molecular formula is C42H53N10NaO10S4. The van der Waals surface area contributed by atoms with Gasteiger partial charge in [0.2, 0.25) is 0 Å². The van der Waals surface area contributed by atoms with Gasteiger partial charge in [0.25, 0.3) is 0 Å². The van der Waals surface area contributed by atoms with Gasteiger partial charge in [-0.15, -0.1) is 45.3 Å². The Morgan fingerprint density at radius 1 is 0.657 bits per heavy atom. The second kappa shape index (κ2) is 38.4. The van der Waals surface area contributed by atoms with Crippen molar-refractivity contribution in [2.75, 3.05) is 39.6 Å². The number of nitrogens with one attached hydrogen (secondary N) is 1. The Morgan fingerprint density at radius 3 is 1.42 bits per heavy atom. The molecule has 0 aliphatic carbocycles. The first-order valence-corrected chi connectivity index (χ1v) is 22.9. The largest absolute Gasteiger partial charge is 1.00 e. The number of hydrogen-bond donors (Lipinski definition) is 2. The van der Waals surface area contributed by atoms with E-state index >= 15 is 0 Å². The van der Waals surface area contributed by atoms with Crippen LogP contribution in [0.15, 0.2) is 75.3 Å². The summed E-state index contributed by atoms with van der Waals surface area (Å²) >= 11 is 6.21. The molecule has 356 valence electrons. The third-order valence-electron chi connectivity index (χ3n) is 6.72. The summed E-state index contributed by atoms with van der Waals surface area (Å²) in [5, 5.41) is 17.2. The van der Waals surface area contributed by atoms with Gasteiger partial charge in [0, 0.05) is 50.6 Å². The first-order chi connectivity index (χ1) is 31.6. The summed E-state index contributed by atoms with van der Waals surface area (Å²) in [6.45, 7) is 17.8. The minimum atomic E-state index is -0.605. The van der Waals surface area contributed by atoms with Crippen molar-refractivity contribution in [3.63, 3.8) is 0 Å². The third-order valence-corrected chi connectivity index (χ3v) is 10.5. The number of ether oxygens (including phenoxy) is 4. The maximum absolute atomic E-state index is 11.4. The number of rotatable bonds is 14. The van der Waals surface area contributed by atoms with E-state index in [1.807, 2.05) is 76.2 Å². The fourth-order valence-corrected chi connectivity index (χ4v) is 7.52. The van der Waals surface area contributed by atoms with E-state index < -0.39 is 17.9 Å². The number of H-pyrrole nitrogens is 1. The van der Waals surface area contributed by atoms with Crippen LogP contribution in [0.25, 0.3) is 53.7 Å². The monoisotopic (exact) mass is 1010 g/mol. The molecule has 20 nitrogen and oxygen atoms in total. The van der Waals surface area contributed by atoms with E-state index in [-0.39, 0.29) is 74.7 Å². The van der Waals surface area contributed by atoms with E-state index in [1.54, 1.807) is 46.0 Å². The molecule has 5 aromatic rings. The predicted octanol–water partition coefficient (Wildman–Crippen LogP) is 9.10. The number of esters is 4. The Kier molecular flexibility index (Phi) is 36.3. The molecule has 67 heavy (non-hydrogen) atoms. The summed E-state index contributed by atoms with van der Waals surface area (Å²) in [4.78, 5) is 72.3. The molecule has 0 atom stereocenters. The minimum absolute atomic E-state index is 0. The summed E-state index contributed by atoms with van der Waals surface area (Å²) in [6.07, 6.45) is 3.92. The van der Waals surface area contributed by atoms with Crippen LogP contribution in [-0.4, -0.2) is 79.8 Å². The van der Waals surface area contributed by atoms with Gasteiger partial charge in [0.05, 0.1) is 41.5 Å². The smallest absolute Gasteiger partial charge is 1.00 e. The van der Waals surface area contributed by atoms with Crippen molar-refractivity contribution >= 4 is 97.9 Å². The summed E-state index contributed by atoms with van der Waals surface area (Å²) in [5.74, 6) is -1.98. The van der Waals surface area contributed by atoms with Crippen LogP contribution in [0.1, 0.15) is 85.5 Å². The van der Waals surface area contributed by atoms with Crippen LogP contribution in [0.3, 0.4) is 0 Å². The van der Waals surface area contributed by atoms with Gasteiger partial charge < -0.3 is 30.5 Å².